The fourth-order valence-electron chi connectivity index (χ4n) is 2.75. The summed E-state index contributed by atoms with van der Waals surface area (Å²) in [6, 6.07) is 16.5. The highest BCUT2D eigenvalue weighted by Gasteiger charge is 2.13. The van der Waals surface area contributed by atoms with Crippen LogP contribution in [-0.4, -0.2) is 20.7 Å². The monoisotopic (exact) mass is 436 g/mol. The highest BCUT2D eigenvalue weighted by molar-refractivity contribution is 9.10. The van der Waals surface area contributed by atoms with Crippen LogP contribution < -0.4 is 5.32 Å². The molecular weight excluding hydrogens is 420 g/mol. The first-order valence-corrected chi connectivity index (χ1v) is 9.49. The van der Waals surface area contributed by atoms with Gasteiger partial charge in [0.2, 0.25) is 5.89 Å². The molecule has 28 heavy (non-hydrogen) atoms. The van der Waals surface area contributed by atoms with Crippen molar-refractivity contribution >= 4 is 27.5 Å². The zero-order valence-electron chi connectivity index (χ0n) is 15.1. The van der Waals surface area contributed by atoms with Gasteiger partial charge < -0.3 is 9.73 Å². The third-order valence-corrected chi connectivity index (χ3v) is 4.79. The molecule has 0 saturated heterocycles. The number of aryl methyl sites for hydroxylation is 1. The summed E-state index contributed by atoms with van der Waals surface area (Å²) in [6.45, 7) is 2.45. The minimum Gasteiger partial charge on any atom is -0.441 e. The predicted octanol–water partition coefficient (Wildman–Crippen LogP) is 4.91. The number of carbonyl (C=O) groups excluding carboxylic acids is 1. The second-order valence-electron chi connectivity index (χ2n) is 6.26. The van der Waals surface area contributed by atoms with Crippen LogP contribution in [0, 0.1) is 6.92 Å². The van der Waals surface area contributed by atoms with Gasteiger partial charge in [-0.1, -0.05) is 15.9 Å². The van der Waals surface area contributed by atoms with Gasteiger partial charge in [-0.3, -0.25) is 9.48 Å². The van der Waals surface area contributed by atoms with Gasteiger partial charge in [-0.25, -0.2) is 4.98 Å². The molecule has 2 heterocycles. The Morgan fingerprint density at radius 2 is 1.89 bits per heavy atom. The summed E-state index contributed by atoms with van der Waals surface area (Å²) in [5, 5.41) is 7.08. The zero-order valence-corrected chi connectivity index (χ0v) is 16.7. The average Bonchev–Trinajstić information content (AvgIpc) is 3.33. The fraction of sp³-hybridized carbons (Fsp3) is 0.0952. The van der Waals surface area contributed by atoms with Gasteiger partial charge in [0.1, 0.15) is 11.5 Å². The molecule has 2 aromatic carbocycles. The van der Waals surface area contributed by atoms with Gasteiger partial charge in [-0.15, -0.1) is 0 Å². The molecule has 1 N–H and O–H groups in total. The highest BCUT2D eigenvalue weighted by Crippen LogP contribution is 2.24. The first-order valence-electron chi connectivity index (χ1n) is 8.69. The quantitative estimate of drug-likeness (QED) is 0.482. The summed E-state index contributed by atoms with van der Waals surface area (Å²) in [7, 11) is 0. The van der Waals surface area contributed by atoms with Crippen LogP contribution in [0.1, 0.15) is 21.8 Å². The molecule has 0 unspecified atom stereocenters. The molecule has 0 fully saturated rings. The zero-order chi connectivity index (χ0) is 19.5. The first kappa shape index (κ1) is 18.2. The first-order chi connectivity index (χ1) is 13.6. The number of hydrogen-bond donors (Lipinski definition) is 1. The number of anilines is 1. The summed E-state index contributed by atoms with van der Waals surface area (Å²) >= 11 is 3.36. The average molecular weight is 437 g/mol. The number of aromatic nitrogens is 3. The van der Waals surface area contributed by atoms with Crippen LogP contribution in [-0.2, 0) is 6.54 Å². The lowest BCUT2D eigenvalue weighted by Gasteiger charge is -2.06. The van der Waals surface area contributed by atoms with E-state index in [9.17, 15) is 4.79 Å². The Bertz CT molecular complexity index is 1080. The summed E-state index contributed by atoms with van der Waals surface area (Å²) in [4.78, 5) is 16.9. The maximum atomic E-state index is 12.3. The topological polar surface area (TPSA) is 73.0 Å². The van der Waals surface area contributed by atoms with Crippen molar-refractivity contribution in [3.8, 4) is 11.5 Å². The molecule has 0 saturated carbocycles. The SMILES string of the molecule is Cc1oc(-c2ccc(NC(=O)c3ccc(Br)cc3)cc2)nc1Cn1cccn1. The molecule has 4 aromatic rings. The molecule has 0 atom stereocenters. The predicted molar refractivity (Wildman–Crippen MR) is 110 cm³/mol. The second-order valence-corrected chi connectivity index (χ2v) is 7.18. The van der Waals surface area contributed by atoms with Crippen LogP contribution in [0.3, 0.4) is 0 Å². The van der Waals surface area contributed by atoms with Crippen molar-refractivity contribution in [1.29, 1.82) is 0 Å². The maximum absolute atomic E-state index is 12.3. The number of hydrogen-bond acceptors (Lipinski definition) is 4. The normalized spacial score (nSPS) is 10.8. The van der Waals surface area contributed by atoms with Crippen LogP contribution >= 0.6 is 15.9 Å². The number of amides is 1. The van der Waals surface area contributed by atoms with Crippen LogP contribution in [0.15, 0.2) is 75.9 Å². The van der Waals surface area contributed by atoms with Crippen molar-refractivity contribution in [2.24, 2.45) is 0 Å². The summed E-state index contributed by atoms with van der Waals surface area (Å²) < 4.78 is 8.54. The lowest BCUT2D eigenvalue weighted by molar-refractivity contribution is 0.102. The van der Waals surface area contributed by atoms with Crippen LogP contribution in [0.5, 0.6) is 0 Å². The van der Waals surface area contributed by atoms with Gasteiger partial charge >= 0.3 is 0 Å². The van der Waals surface area contributed by atoms with Crippen LogP contribution in [0.25, 0.3) is 11.5 Å². The third kappa shape index (κ3) is 4.04. The molecule has 2 aromatic heterocycles. The van der Waals surface area contributed by atoms with Crippen LogP contribution in [0.4, 0.5) is 5.69 Å². The minimum atomic E-state index is -0.159. The van der Waals surface area contributed by atoms with Gasteiger partial charge in [0.05, 0.1) is 6.54 Å². The number of nitrogens with zero attached hydrogens (tertiary/aromatic N) is 3. The van der Waals surface area contributed by atoms with E-state index in [4.69, 9.17) is 4.42 Å². The Kier molecular flexibility index (Phi) is 5.08. The van der Waals surface area contributed by atoms with Crippen molar-refractivity contribution in [2.45, 2.75) is 13.5 Å². The van der Waals surface area contributed by atoms with Crippen molar-refractivity contribution in [3.05, 3.63) is 88.5 Å². The van der Waals surface area contributed by atoms with Crippen molar-refractivity contribution < 1.29 is 9.21 Å². The van der Waals surface area contributed by atoms with Crippen molar-refractivity contribution in [3.63, 3.8) is 0 Å². The van der Waals surface area contributed by atoms with E-state index in [2.05, 4.69) is 31.3 Å². The molecule has 4 rings (SSSR count). The number of halogens is 1. The Hall–Kier alpha value is -3.19. The molecule has 7 heteroatoms. The van der Waals surface area contributed by atoms with Gasteiger partial charge in [-0.05, 0) is 61.5 Å². The Labute approximate surface area is 170 Å². The third-order valence-electron chi connectivity index (χ3n) is 4.26. The molecule has 1 amide bonds. The smallest absolute Gasteiger partial charge is 0.255 e. The van der Waals surface area contributed by atoms with E-state index < -0.39 is 0 Å². The van der Waals surface area contributed by atoms with E-state index >= 15 is 0 Å². The van der Waals surface area contributed by atoms with Gasteiger partial charge in [0.25, 0.3) is 5.91 Å². The number of benzene rings is 2. The standard InChI is InChI=1S/C21H17BrN4O2/c1-14-19(13-26-12-2-11-23-26)25-21(28-14)16-5-9-18(10-6-16)24-20(27)15-3-7-17(22)8-4-15/h2-12H,13H2,1H3,(H,24,27). The summed E-state index contributed by atoms with van der Waals surface area (Å²) in [5.41, 5.74) is 2.98. The van der Waals surface area contributed by atoms with E-state index in [1.165, 1.54) is 0 Å². The summed E-state index contributed by atoms with van der Waals surface area (Å²) in [6.07, 6.45) is 3.62. The van der Waals surface area contributed by atoms with Crippen molar-refractivity contribution in [2.75, 3.05) is 5.32 Å². The molecule has 0 aliphatic rings. The van der Waals surface area contributed by atoms with Gasteiger partial charge in [-0.2, -0.15) is 5.10 Å². The minimum absolute atomic E-state index is 0.159. The molecule has 140 valence electrons. The molecule has 0 spiro atoms. The van der Waals surface area contributed by atoms with E-state index in [0.29, 0.717) is 23.7 Å². The van der Waals surface area contributed by atoms with E-state index in [1.54, 1.807) is 23.0 Å². The Balaban J connectivity index is 1.47. The van der Waals surface area contributed by atoms with Gasteiger partial charge in [0, 0.05) is 33.7 Å². The maximum Gasteiger partial charge on any atom is 0.255 e. The largest absolute Gasteiger partial charge is 0.441 e. The Morgan fingerprint density at radius 1 is 1.14 bits per heavy atom. The number of nitrogens with one attached hydrogen (secondary N) is 1. The molecule has 0 bridgehead atoms. The van der Waals surface area contributed by atoms with Crippen LogP contribution in [0.2, 0.25) is 0 Å². The second kappa shape index (κ2) is 7.82. The van der Waals surface area contributed by atoms with Gasteiger partial charge in [0.15, 0.2) is 0 Å². The van der Waals surface area contributed by atoms with Crippen molar-refractivity contribution in [1.82, 2.24) is 14.8 Å². The highest BCUT2D eigenvalue weighted by atomic mass is 79.9. The van der Waals surface area contributed by atoms with E-state index in [-0.39, 0.29) is 5.91 Å². The van der Waals surface area contributed by atoms with E-state index in [0.717, 1.165) is 21.5 Å². The lowest BCUT2D eigenvalue weighted by atomic mass is 10.2. The molecule has 0 radical (unpaired) electrons. The fourth-order valence-corrected chi connectivity index (χ4v) is 3.01. The molecule has 0 aliphatic heterocycles. The number of oxazole rings is 1. The number of carbonyl (C=O) groups is 1. The molecule has 6 nitrogen and oxygen atoms in total. The molecular formula is C21H17BrN4O2. The Morgan fingerprint density at radius 3 is 2.57 bits per heavy atom. The molecule has 0 aliphatic carbocycles. The number of rotatable bonds is 5. The summed E-state index contributed by atoms with van der Waals surface area (Å²) in [5.74, 6) is 1.15. The van der Waals surface area contributed by atoms with E-state index in [1.807, 2.05) is 55.6 Å². The lowest BCUT2D eigenvalue weighted by Crippen LogP contribution is -2.11.